The van der Waals surface area contributed by atoms with Gasteiger partial charge in [0.15, 0.2) is 0 Å². The van der Waals surface area contributed by atoms with Crippen LogP contribution < -0.4 is 5.32 Å². The van der Waals surface area contributed by atoms with Crippen LogP contribution in [0.15, 0.2) is 6.07 Å². The molecule has 1 saturated heterocycles. The van der Waals surface area contributed by atoms with Gasteiger partial charge in [-0.3, -0.25) is 0 Å². The van der Waals surface area contributed by atoms with E-state index < -0.39 is 0 Å². The van der Waals surface area contributed by atoms with Crippen LogP contribution in [0.1, 0.15) is 43.4 Å². The van der Waals surface area contributed by atoms with Crippen molar-refractivity contribution < 1.29 is 4.74 Å². The third-order valence-corrected chi connectivity index (χ3v) is 4.01. The average molecular weight is 253 g/mol. The van der Waals surface area contributed by atoms with E-state index >= 15 is 0 Å². The van der Waals surface area contributed by atoms with Crippen molar-refractivity contribution >= 4 is 17.3 Å². The van der Waals surface area contributed by atoms with Gasteiger partial charge in [-0.25, -0.2) is 4.98 Å². The van der Waals surface area contributed by atoms with Gasteiger partial charge in [-0.15, -0.1) is 0 Å². The Morgan fingerprint density at radius 3 is 3.12 bits per heavy atom. The quantitative estimate of drug-likeness (QED) is 0.780. The van der Waals surface area contributed by atoms with E-state index in [4.69, 9.17) is 16.3 Å². The van der Waals surface area contributed by atoms with Gasteiger partial charge in [-0.2, -0.15) is 0 Å². The second-order valence-electron chi connectivity index (χ2n) is 5.18. The van der Waals surface area contributed by atoms with Gasteiger partial charge >= 0.3 is 0 Å². The summed E-state index contributed by atoms with van der Waals surface area (Å²) in [5, 5.41) is 4.20. The minimum absolute atomic E-state index is 0.373. The fourth-order valence-electron chi connectivity index (χ4n) is 2.70. The Balaban J connectivity index is 2.02. The largest absolute Gasteiger partial charge is 0.381 e. The minimum atomic E-state index is 0.373. The predicted octanol–water partition coefficient (Wildman–Crippen LogP) is 3.16. The molecule has 0 amide bonds. The first kappa shape index (κ1) is 11.3. The third-order valence-electron chi connectivity index (χ3n) is 3.70. The van der Waals surface area contributed by atoms with Gasteiger partial charge in [-0.1, -0.05) is 25.4 Å². The van der Waals surface area contributed by atoms with Gasteiger partial charge in [-0.05, 0) is 24.0 Å². The number of ether oxygens (including phenoxy) is 1. The van der Waals surface area contributed by atoms with Crippen molar-refractivity contribution in [3.05, 3.63) is 22.5 Å². The van der Waals surface area contributed by atoms with E-state index in [0.717, 1.165) is 36.6 Å². The molecule has 92 valence electrons. The van der Waals surface area contributed by atoms with Crippen LogP contribution in [0, 0.1) is 0 Å². The number of nitrogens with one attached hydrogen (secondary N) is 1. The summed E-state index contributed by atoms with van der Waals surface area (Å²) in [6, 6.07) is 2.64. The predicted molar refractivity (Wildman–Crippen MR) is 68.9 cm³/mol. The number of hydrogen-bond donors (Lipinski definition) is 1. The lowest BCUT2D eigenvalue weighted by molar-refractivity contribution is 0.0759. The maximum atomic E-state index is 6.25. The Morgan fingerprint density at radius 1 is 1.53 bits per heavy atom. The maximum Gasteiger partial charge on any atom is 0.132 e. The van der Waals surface area contributed by atoms with Crippen molar-refractivity contribution in [2.75, 3.05) is 18.5 Å². The van der Waals surface area contributed by atoms with Gasteiger partial charge in [0.25, 0.3) is 0 Å². The molecule has 0 aliphatic carbocycles. The highest BCUT2D eigenvalue weighted by Gasteiger charge is 2.36. The molecule has 2 unspecified atom stereocenters. The van der Waals surface area contributed by atoms with E-state index in [0.29, 0.717) is 23.0 Å². The Labute approximate surface area is 107 Å². The first-order valence-corrected chi connectivity index (χ1v) is 6.59. The zero-order valence-electron chi connectivity index (χ0n) is 10.2. The second kappa shape index (κ2) is 4.14. The summed E-state index contributed by atoms with van der Waals surface area (Å²) < 4.78 is 5.53. The fourth-order valence-corrected chi connectivity index (χ4v) is 3.07. The number of pyridine rings is 1. The molecule has 0 saturated carbocycles. The molecule has 3 heterocycles. The van der Waals surface area contributed by atoms with Crippen molar-refractivity contribution in [1.82, 2.24) is 4.98 Å². The summed E-state index contributed by atoms with van der Waals surface area (Å²) in [7, 11) is 0. The molecule has 0 aromatic carbocycles. The number of anilines is 1. The van der Waals surface area contributed by atoms with Crippen molar-refractivity contribution in [2.45, 2.75) is 38.1 Å². The van der Waals surface area contributed by atoms with Gasteiger partial charge < -0.3 is 10.1 Å². The van der Waals surface area contributed by atoms with E-state index in [1.54, 1.807) is 0 Å². The lowest BCUT2D eigenvalue weighted by Gasteiger charge is -2.24. The fraction of sp³-hybridized carbons (Fsp3) is 0.615. The summed E-state index contributed by atoms with van der Waals surface area (Å²) in [6.45, 7) is 5.88. The molecule has 3 nitrogen and oxygen atoms in total. The average Bonchev–Trinajstić information content (AvgIpc) is 2.65. The Morgan fingerprint density at radius 2 is 2.35 bits per heavy atom. The Bertz CT molecular complexity index is 447. The molecule has 0 bridgehead atoms. The van der Waals surface area contributed by atoms with E-state index in [1.165, 1.54) is 0 Å². The molecular weight excluding hydrogens is 236 g/mol. The molecule has 0 radical (unpaired) electrons. The van der Waals surface area contributed by atoms with Crippen LogP contribution in [0.3, 0.4) is 0 Å². The smallest absolute Gasteiger partial charge is 0.132 e. The minimum Gasteiger partial charge on any atom is -0.381 e. The molecule has 1 N–H and O–H groups in total. The highest BCUT2D eigenvalue weighted by Crippen LogP contribution is 2.41. The van der Waals surface area contributed by atoms with E-state index in [2.05, 4.69) is 30.2 Å². The van der Waals surface area contributed by atoms with Gasteiger partial charge in [0.2, 0.25) is 0 Å². The third kappa shape index (κ3) is 1.81. The van der Waals surface area contributed by atoms with Crippen molar-refractivity contribution in [1.29, 1.82) is 0 Å². The van der Waals surface area contributed by atoms with Gasteiger partial charge in [0.1, 0.15) is 5.15 Å². The molecule has 1 aromatic heterocycles. The normalized spacial score (nSPS) is 26.6. The van der Waals surface area contributed by atoms with Crippen LogP contribution >= 0.6 is 11.6 Å². The van der Waals surface area contributed by atoms with Crippen LogP contribution in [-0.2, 0) is 4.74 Å². The Kier molecular flexibility index (Phi) is 2.75. The molecule has 4 heteroatoms. The van der Waals surface area contributed by atoms with Gasteiger partial charge in [0, 0.05) is 18.6 Å². The topological polar surface area (TPSA) is 34.1 Å². The summed E-state index contributed by atoms with van der Waals surface area (Å²) in [6.07, 6.45) is 1.05. The van der Waals surface area contributed by atoms with Crippen LogP contribution in [0.2, 0.25) is 5.15 Å². The number of aromatic nitrogens is 1. The number of hydrogen-bond acceptors (Lipinski definition) is 3. The van der Waals surface area contributed by atoms with E-state index in [1.807, 2.05) is 0 Å². The maximum absolute atomic E-state index is 6.25. The van der Waals surface area contributed by atoms with Crippen LogP contribution in [0.5, 0.6) is 0 Å². The van der Waals surface area contributed by atoms with E-state index in [-0.39, 0.29) is 0 Å². The summed E-state index contributed by atoms with van der Waals surface area (Å²) in [5.41, 5.74) is 3.36. The molecule has 1 aromatic rings. The monoisotopic (exact) mass is 252 g/mol. The van der Waals surface area contributed by atoms with Crippen LogP contribution in [0.25, 0.3) is 0 Å². The van der Waals surface area contributed by atoms with Crippen LogP contribution in [-0.4, -0.2) is 24.2 Å². The molecule has 3 rings (SSSR count). The molecule has 2 aliphatic heterocycles. The Hall–Kier alpha value is -0.800. The first-order chi connectivity index (χ1) is 8.16. The number of nitrogens with zero attached hydrogens (tertiary/aromatic N) is 1. The molecule has 2 atom stereocenters. The highest BCUT2D eigenvalue weighted by atomic mass is 35.5. The van der Waals surface area contributed by atoms with E-state index in [9.17, 15) is 0 Å². The zero-order chi connectivity index (χ0) is 12.0. The lowest BCUT2D eigenvalue weighted by atomic mass is 9.95. The lowest BCUT2D eigenvalue weighted by Crippen LogP contribution is -2.30. The first-order valence-electron chi connectivity index (χ1n) is 6.21. The second-order valence-corrected chi connectivity index (χ2v) is 5.53. The summed E-state index contributed by atoms with van der Waals surface area (Å²) >= 11 is 6.25. The molecular formula is C13H17ClN2O. The summed E-state index contributed by atoms with van der Waals surface area (Å²) in [5.74, 6) is 0.776. The van der Waals surface area contributed by atoms with Crippen molar-refractivity contribution in [3.8, 4) is 0 Å². The van der Waals surface area contributed by atoms with Gasteiger partial charge in [0.05, 0.1) is 18.0 Å². The standard InChI is InChI=1S/C13H17ClN2O/c1-7(2)8-5-11-12(16-13(8)14)9-6-17-4-3-10(9)15-11/h5,7,9-10,15H,3-4,6H2,1-2H3. The molecule has 1 fully saturated rings. The number of rotatable bonds is 1. The molecule has 17 heavy (non-hydrogen) atoms. The SMILES string of the molecule is CC(C)c1cc2c(nc1Cl)C1COCCC1N2. The molecule has 2 aliphatic rings. The number of fused-ring (bicyclic) bond motifs is 3. The summed E-state index contributed by atoms with van der Waals surface area (Å²) in [4.78, 5) is 4.58. The van der Waals surface area contributed by atoms with Crippen molar-refractivity contribution in [2.24, 2.45) is 0 Å². The zero-order valence-corrected chi connectivity index (χ0v) is 10.9. The highest BCUT2D eigenvalue weighted by molar-refractivity contribution is 6.30. The number of halogens is 1. The van der Waals surface area contributed by atoms with Crippen LogP contribution in [0.4, 0.5) is 5.69 Å². The molecule has 0 spiro atoms. The van der Waals surface area contributed by atoms with Crippen molar-refractivity contribution in [3.63, 3.8) is 0 Å².